The van der Waals surface area contributed by atoms with E-state index >= 15 is 0 Å². The van der Waals surface area contributed by atoms with Crippen LogP contribution in [0.3, 0.4) is 0 Å². The number of hydrogen-bond acceptors (Lipinski definition) is 2. The summed E-state index contributed by atoms with van der Waals surface area (Å²) in [6, 6.07) is 71.7. The number of aromatic nitrogens is 2. The third-order valence-corrected chi connectivity index (χ3v) is 14.7. The highest BCUT2D eigenvalue weighted by atomic mass is 14.7. The van der Waals surface area contributed by atoms with Crippen LogP contribution in [0.25, 0.3) is 110 Å². The molecule has 0 fully saturated rings. The Morgan fingerprint density at radius 3 is 1.38 bits per heavy atom. The Labute approximate surface area is 373 Å². The van der Waals surface area contributed by atoms with Crippen molar-refractivity contribution >= 4 is 43.5 Å². The van der Waals surface area contributed by atoms with Crippen molar-refractivity contribution in [3.63, 3.8) is 0 Å². The molecule has 11 aromatic rings. The second-order valence-electron chi connectivity index (χ2n) is 18.9. The second-order valence-corrected chi connectivity index (χ2v) is 18.9. The predicted octanol–water partition coefficient (Wildman–Crippen LogP) is 16.4. The van der Waals surface area contributed by atoms with Gasteiger partial charge >= 0.3 is 0 Å². The molecule has 2 aliphatic rings. The lowest BCUT2D eigenvalue weighted by atomic mass is 9.81. The van der Waals surface area contributed by atoms with Crippen LogP contribution in [0, 0.1) is 0 Å². The van der Waals surface area contributed by atoms with E-state index in [0.717, 1.165) is 54.9 Å². The van der Waals surface area contributed by atoms with E-state index in [2.05, 4.69) is 222 Å². The molecule has 2 aromatic heterocycles. The molecule has 302 valence electrons. The topological polar surface area (TPSA) is 25.8 Å². The van der Waals surface area contributed by atoms with Gasteiger partial charge in [-0.05, 0) is 114 Å². The minimum absolute atomic E-state index is 0.102. The molecule has 0 unspecified atom stereocenters. The van der Waals surface area contributed by atoms with Crippen LogP contribution in [0.4, 0.5) is 0 Å². The molecule has 2 nitrogen and oxygen atoms in total. The first-order valence-corrected chi connectivity index (χ1v) is 22.5. The van der Waals surface area contributed by atoms with E-state index in [1.54, 1.807) is 0 Å². The predicted molar refractivity (Wildman–Crippen MR) is 269 cm³/mol. The van der Waals surface area contributed by atoms with Crippen LogP contribution in [0.1, 0.15) is 49.9 Å². The number of benzene rings is 9. The Hall–Kier alpha value is -7.68. The van der Waals surface area contributed by atoms with Gasteiger partial charge in [0.15, 0.2) is 0 Å². The van der Waals surface area contributed by atoms with Crippen LogP contribution in [-0.2, 0) is 10.8 Å². The van der Waals surface area contributed by atoms with Crippen molar-refractivity contribution in [2.45, 2.75) is 38.5 Å². The third-order valence-electron chi connectivity index (χ3n) is 14.7. The quantitative estimate of drug-likeness (QED) is 0.131. The average Bonchev–Trinajstić information content (AvgIpc) is 3.71. The summed E-state index contributed by atoms with van der Waals surface area (Å²) in [7, 11) is 0. The van der Waals surface area contributed by atoms with E-state index in [-0.39, 0.29) is 10.8 Å². The lowest BCUT2D eigenvalue weighted by Crippen LogP contribution is -2.15. The maximum atomic E-state index is 5.65. The first kappa shape index (κ1) is 36.9. The van der Waals surface area contributed by atoms with E-state index in [1.165, 1.54) is 77.7 Å². The molecule has 0 N–H and O–H groups in total. The summed E-state index contributed by atoms with van der Waals surface area (Å²) < 4.78 is 0. The van der Waals surface area contributed by atoms with E-state index in [4.69, 9.17) is 9.97 Å². The van der Waals surface area contributed by atoms with Gasteiger partial charge in [-0.1, -0.05) is 185 Å². The van der Waals surface area contributed by atoms with E-state index < -0.39 is 0 Å². The number of rotatable bonds is 4. The van der Waals surface area contributed by atoms with Crippen molar-refractivity contribution < 1.29 is 0 Å². The third kappa shape index (κ3) is 5.26. The van der Waals surface area contributed by atoms with Crippen LogP contribution >= 0.6 is 0 Å². The summed E-state index contributed by atoms with van der Waals surface area (Å²) in [5, 5.41) is 5.81. The van der Waals surface area contributed by atoms with Crippen molar-refractivity contribution in [2.24, 2.45) is 0 Å². The maximum Gasteiger partial charge on any atom is 0.0794 e. The minimum atomic E-state index is -0.119. The fourth-order valence-corrected chi connectivity index (χ4v) is 11.4. The summed E-state index contributed by atoms with van der Waals surface area (Å²) in [6.45, 7) is 9.43. The van der Waals surface area contributed by atoms with Gasteiger partial charge in [-0.25, -0.2) is 9.97 Å². The molecule has 2 aliphatic carbocycles. The Kier molecular flexibility index (Phi) is 7.74. The van der Waals surface area contributed by atoms with Crippen LogP contribution < -0.4 is 0 Å². The highest BCUT2D eigenvalue weighted by Crippen LogP contribution is 2.52. The summed E-state index contributed by atoms with van der Waals surface area (Å²) >= 11 is 0. The lowest BCUT2D eigenvalue weighted by Gasteiger charge is -2.22. The number of fused-ring (bicyclic) bond motifs is 11. The van der Waals surface area contributed by atoms with Gasteiger partial charge in [0.1, 0.15) is 0 Å². The van der Waals surface area contributed by atoms with Gasteiger partial charge in [0.2, 0.25) is 0 Å². The molecule has 0 aliphatic heterocycles. The van der Waals surface area contributed by atoms with Crippen LogP contribution in [0.2, 0.25) is 0 Å². The fourth-order valence-electron chi connectivity index (χ4n) is 11.4. The normalized spacial score (nSPS) is 14.2. The molecule has 0 saturated carbocycles. The molecule has 2 heteroatoms. The molecule has 0 amide bonds. The van der Waals surface area contributed by atoms with Crippen molar-refractivity contribution in [3.8, 4) is 66.9 Å². The van der Waals surface area contributed by atoms with Gasteiger partial charge in [0.25, 0.3) is 0 Å². The SMILES string of the molecule is CC1(C)c2ccccc2-c2ccc(-c3cc(-c4ccc(-c5c6ccccc6nc6ccccc56)cc4)c4cc(-c5ccc6c(c5)C(C)(C)c5ccccc5-6)c5ccccc5c4n3)cc21. The zero-order chi connectivity index (χ0) is 42.9. The first-order valence-electron chi connectivity index (χ1n) is 22.5. The van der Waals surface area contributed by atoms with Crippen molar-refractivity contribution in [2.75, 3.05) is 0 Å². The van der Waals surface area contributed by atoms with Crippen molar-refractivity contribution in [1.29, 1.82) is 0 Å². The monoisotopic (exact) mass is 816 g/mol. The smallest absolute Gasteiger partial charge is 0.0794 e. The summed E-state index contributed by atoms with van der Waals surface area (Å²) in [5.74, 6) is 0. The number of nitrogens with zero attached hydrogens (tertiary/aromatic N) is 2. The number of para-hydroxylation sites is 2. The van der Waals surface area contributed by atoms with E-state index in [1.807, 2.05) is 0 Å². The number of pyridine rings is 2. The average molecular weight is 817 g/mol. The molecule has 0 radical (unpaired) electrons. The van der Waals surface area contributed by atoms with Crippen LogP contribution in [0.5, 0.6) is 0 Å². The van der Waals surface area contributed by atoms with Crippen LogP contribution in [-0.4, -0.2) is 9.97 Å². The minimum Gasteiger partial charge on any atom is -0.248 e. The maximum absolute atomic E-state index is 5.65. The Bertz CT molecular complexity index is 3720. The molecule has 64 heavy (non-hydrogen) atoms. The fraction of sp³-hybridized carbons (Fsp3) is 0.0968. The number of hydrogen-bond donors (Lipinski definition) is 0. The highest BCUT2D eigenvalue weighted by Gasteiger charge is 2.37. The summed E-state index contributed by atoms with van der Waals surface area (Å²) in [4.78, 5) is 10.7. The Balaban J connectivity index is 1.04. The molecular formula is C62H44N2. The van der Waals surface area contributed by atoms with Gasteiger partial charge in [0, 0.05) is 43.5 Å². The first-order chi connectivity index (χ1) is 31.2. The van der Waals surface area contributed by atoms with Gasteiger partial charge in [-0.15, -0.1) is 0 Å². The Morgan fingerprint density at radius 2 is 0.750 bits per heavy atom. The molecular weight excluding hydrogens is 773 g/mol. The molecule has 0 atom stereocenters. The molecule has 13 rings (SSSR count). The highest BCUT2D eigenvalue weighted by molar-refractivity contribution is 6.17. The van der Waals surface area contributed by atoms with E-state index in [9.17, 15) is 0 Å². The summed E-state index contributed by atoms with van der Waals surface area (Å²) in [5.41, 5.74) is 22.8. The van der Waals surface area contributed by atoms with E-state index in [0.29, 0.717) is 0 Å². The molecule has 9 aromatic carbocycles. The van der Waals surface area contributed by atoms with Crippen LogP contribution in [0.15, 0.2) is 194 Å². The van der Waals surface area contributed by atoms with Gasteiger partial charge in [-0.3, -0.25) is 0 Å². The zero-order valence-electron chi connectivity index (χ0n) is 36.4. The second kappa shape index (κ2) is 13.4. The molecule has 0 saturated heterocycles. The summed E-state index contributed by atoms with van der Waals surface area (Å²) in [6.07, 6.45) is 0. The lowest BCUT2D eigenvalue weighted by molar-refractivity contribution is 0.660. The largest absolute Gasteiger partial charge is 0.248 e. The molecule has 2 heterocycles. The van der Waals surface area contributed by atoms with Gasteiger partial charge in [-0.2, -0.15) is 0 Å². The standard InChI is InChI=1S/C62H44N2/c1-61(2)52-21-11-7-16-42(52)44-31-29-39(33-54(44)61)49-35-51-50(37-25-27-38(28-26-37)59-47-19-9-13-23-56(47)63-57-24-14-10-20-48(57)59)36-58(64-60(51)46-18-6-5-15-41(46)49)40-30-32-45-43-17-8-12-22-53(43)62(3,4)55(45)34-40/h5-36H,1-4H3. The van der Waals surface area contributed by atoms with Gasteiger partial charge in [0.05, 0.1) is 22.2 Å². The van der Waals surface area contributed by atoms with Gasteiger partial charge < -0.3 is 0 Å². The molecule has 0 spiro atoms. The zero-order valence-corrected chi connectivity index (χ0v) is 36.4. The Morgan fingerprint density at radius 1 is 0.297 bits per heavy atom. The van der Waals surface area contributed by atoms with Crippen molar-refractivity contribution in [1.82, 2.24) is 9.97 Å². The molecule has 0 bridgehead atoms. The van der Waals surface area contributed by atoms with Crippen molar-refractivity contribution in [3.05, 3.63) is 216 Å².